The summed E-state index contributed by atoms with van der Waals surface area (Å²) in [5.74, 6) is 1.60. The molecule has 0 heterocycles. The highest BCUT2D eigenvalue weighted by atomic mass is 16.5. The van der Waals surface area contributed by atoms with Crippen molar-refractivity contribution in [1.82, 2.24) is 5.32 Å². The first-order valence-corrected chi connectivity index (χ1v) is 9.97. The summed E-state index contributed by atoms with van der Waals surface area (Å²) in [6.07, 6.45) is 4.40. The standard InChI is InChI=1S/C23H29NO3/c1-3-26-21-14-12-17(16-22(21)27-4-2)13-15-23(25)24-20-11-7-9-18-8-5-6-10-19(18)20/h5-6,8,10,12,14,16,20H,3-4,7,9,11,13,15H2,1-2H3,(H,24,25)/t20-/m1/s1. The average Bonchev–Trinajstić information content (AvgIpc) is 2.69. The molecule has 4 heteroatoms. The van der Waals surface area contributed by atoms with Crippen molar-refractivity contribution < 1.29 is 14.3 Å². The molecule has 144 valence electrons. The number of rotatable bonds is 8. The maximum absolute atomic E-state index is 12.5. The molecule has 0 spiro atoms. The average molecular weight is 367 g/mol. The number of amides is 1. The molecule has 0 bridgehead atoms. The number of aryl methyl sites for hydroxylation is 2. The molecular weight excluding hydrogens is 338 g/mol. The van der Waals surface area contributed by atoms with E-state index in [2.05, 4.69) is 29.6 Å². The molecule has 0 fully saturated rings. The molecule has 0 radical (unpaired) electrons. The Morgan fingerprint density at radius 1 is 1.07 bits per heavy atom. The highest BCUT2D eigenvalue weighted by molar-refractivity contribution is 5.76. The first-order chi connectivity index (χ1) is 13.2. The molecule has 2 aromatic rings. The number of hydrogen-bond acceptors (Lipinski definition) is 3. The Balaban J connectivity index is 1.59. The summed E-state index contributed by atoms with van der Waals surface area (Å²) in [6.45, 7) is 5.10. The Bertz CT molecular complexity index is 772. The van der Waals surface area contributed by atoms with Crippen molar-refractivity contribution >= 4 is 5.91 Å². The smallest absolute Gasteiger partial charge is 0.220 e. The predicted molar refractivity (Wildman–Crippen MR) is 107 cm³/mol. The molecule has 0 saturated heterocycles. The summed E-state index contributed by atoms with van der Waals surface area (Å²) in [6, 6.07) is 14.5. The quantitative estimate of drug-likeness (QED) is 0.741. The zero-order valence-electron chi connectivity index (χ0n) is 16.3. The third-order valence-electron chi connectivity index (χ3n) is 4.95. The topological polar surface area (TPSA) is 47.6 Å². The van der Waals surface area contributed by atoms with E-state index in [1.807, 2.05) is 32.0 Å². The van der Waals surface area contributed by atoms with Crippen molar-refractivity contribution in [3.8, 4) is 11.5 Å². The Morgan fingerprint density at radius 2 is 1.85 bits per heavy atom. The van der Waals surface area contributed by atoms with Crippen LogP contribution in [0.15, 0.2) is 42.5 Å². The Hall–Kier alpha value is -2.49. The van der Waals surface area contributed by atoms with Gasteiger partial charge in [-0.3, -0.25) is 4.79 Å². The molecular formula is C23H29NO3. The van der Waals surface area contributed by atoms with E-state index in [-0.39, 0.29) is 11.9 Å². The summed E-state index contributed by atoms with van der Waals surface area (Å²) in [7, 11) is 0. The highest BCUT2D eigenvalue weighted by Crippen LogP contribution is 2.30. The molecule has 0 aromatic heterocycles. The van der Waals surface area contributed by atoms with Crippen molar-refractivity contribution in [1.29, 1.82) is 0 Å². The van der Waals surface area contributed by atoms with Crippen LogP contribution >= 0.6 is 0 Å². The van der Waals surface area contributed by atoms with Gasteiger partial charge >= 0.3 is 0 Å². The number of benzene rings is 2. The van der Waals surface area contributed by atoms with Gasteiger partial charge in [-0.1, -0.05) is 30.3 Å². The van der Waals surface area contributed by atoms with Crippen LogP contribution in [0.2, 0.25) is 0 Å². The lowest BCUT2D eigenvalue weighted by atomic mass is 9.87. The number of carbonyl (C=O) groups is 1. The van der Waals surface area contributed by atoms with Gasteiger partial charge < -0.3 is 14.8 Å². The third-order valence-corrected chi connectivity index (χ3v) is 4.95. The van der Waals surface area contributed by atoms with E-state index in [0.29, 0.717) is 26.1 Å². The van der Waals surface area contributed by atoms with Crippen molar-refractivity contribution in [2.45, 2.75) is 52.0 Å². The second kappa shape index (κ2) is 9.45. The van der Waals surface area contributed by atoms with E-state index in [1.54, 1.807) is 0 Å². The number of nitrogens with one attached hydrogen (secondary N) is 1. The fourth-order valence-electron chi connectivity index (χ4n) is 3.68. The molecule has 3 rings (SSSR count). The lowest BCUT2D eigenvalue weighted by molar-refractivity contribution is -0.121. The fourth-order valence-corrected chi connectivity index (χ4v) is 3.68. The van der Waals surface area contributed by atoms with E-state index >= 15 is 0 Å². The van der Waals surface area contributed by atoms with E-state index < -0.39 is 0 Å². The number of hydrogen-bond donors (Lipinski definition) is 1. The van der Waals surface area contributed by atoms with Crippen LogP contribution in [0.3, 0.4) is 0 Å². The lowest BCUT2D eigenvalue weighted by Gasteiger charge is -2.26. The van der Waals surface area contributed by atoms with Gasteiger partial charge in [0, 0.05) is 6.42 Å². The molecule has 27 heavy (non-hydrogen) atoms. The normalized spacial score (nSPS) is 15.7. The van der Waals surface area contributed by atoms with Crippen LogP contribution in [0.5, 0.6) is 11.5 Å². The Morgan fingerprint density at radius 3 is 2.67 bits per heavy atom. The Labute approximate surface area is 161 Å². The predicted octanol–water partition coefficient (Wildman–Crippen LogP) is 4.61. The summed E-state index contributed by atoms with van der Waals surface area (Å²) in [4.78, 5) is 12.5. The van der Waals surface area contributed by atoms with Gasteiger partial charge in [-0.15, -0.1) is 0 Å². The van der Waals surface area contributed by atoms with Gasteiger partial charge in [0.1, 0.15) is 0 Å². The van der Waals surface area contributed by atoms with Crippen LogP contribution < -0.4 is 14.8 Å². The minimum atomic E-state index is 0.101. The van der Waals surface area contributed by atoms with Crippen LogP contribution in [-0.4, -0.2) is 19.1 Å². The minimum absolute atomic E-state index is 0.101. The van der Waals surface area contributed by atoms with E-state index in [1.165, 1.54) is 11.1 Å². The lowest BCUT2D eigenvalue weighted by Crippen LogP contribution is -2.31. The molecule has 0 unspecified atom stereocenters. The minimum Gasteiger partial charge on any atom is -0.490 e. The highest BCUT2D eigenvalue weighted by Gasteiger charge is 2.21. The second-order valence-electron chi connectivity index (χ2n) is 6.86. The molecule has 4 nitrogen and oxygen atoms in total. The maximum Gasteiger partial charge on any atom is 0.220 e. The molecule has 0 saturated carbocycles. The SMILES string of the molecule is CCOc1ccc(CCC(=O)N[C@@H]2CCCc3ccccc32)cc1OCC. The first kappa shape index (κ1) is 19.3. The summed E-state index contributed by atoms with van der Waals surface area (Å²) < 4.78 is 11.3. The van der Waals surface area contributed by atoms with Gasteiger partial charge in [0.15, 0.2) is 11.5 Å². The molecule has 1 N–H and O–H groups in total. The summed E-state index contributed by atoms with van der Waals surface area (Å²) in [5.41, 5.74) is 3.72. The molecule has 1 aliphatic carbocycles. The molecule has 1 aliphatic rings. The molecule has 1 amide bonds. The number of ether oxygens (including phenoxy) is 2. The van der Waals surface area contributed by atoms with Crippen molar-refractivity contribution in [3.05, 3.63) is 59.2 Å². The van der Waals surface area contributed by atoms with Crippen LogP contribution in [0.1, 0.15) is 55.8 Å². The van der Waals surface area contributed by atoms with Gasteiger partial charge in [-0.2, -0.15) is 0 Å². The van der Waals surface area contributed by atoms with Gasteiger partial charge in [-0.25, -0.2) is 0 Å². The van der Waals surface area contributed by atoms with E-state index in [4.69, 9.17) is 9.47 Å². The zero-order chi connectivity index (χ0) is 19.1. The summed E-state index contributed by atoms with van der Waals surface area (Å²) >= 11 is 0. The maximum atomic E-state index is 12.5. The van der Waals surface area contributed by atoms with Crippen molar-refractivity contribution in [2.75, 3.05) is 13.2 Å². The number of fused-ring (bicyclic) bond motifs is 1. The van der Waals surface area contributed by atoms with E-state index in [0.717, 1.165) is 36.3 Å². The van der Waals surface area contributed by atoms with Gasteiger partial charge in [0.25, 0.3) is 0 Å². The van der Waals surface area contributed by atoms with Crippen molar-refractivity contribution in [3.63, 3.8) is 0 Å². The number of carbonyl (C=O) groups excluding carboxylic acids is 1. The monoisotopic (exact) mass is 367 g/mol. The largest absolute Gasteiger partial charge is 0.490 e. The zero-order valence-corrected chi connectivity index (χ0v) is 16.3. The van der Waals surface area contributed by atoms with Gasteiger partial charge in [0.2, 0.25) is 5.91 Å². The van der Waals surface area contributed by atoms with Crippen LogP contribution in [0.25, 0.3) is 0 Å². The fraction of sp³-hybridized carbons (Fsp3) is 0.435. The van der Waals surface area contributed by atoms with Crippen molar-refractivity contribution in [2.24, 2.45) is 0 Å². The molecule has 2 aromatic carbocycles. The third kappa shape index (κ3) is 5.03. The first-order valence-electron chi connectivity index (χ1n) is 9.97. The van der Waals surface area contributed by atoms with Gasteiger partial charge in [0.05, 0.1) is 19.3 Å². The van der Waals surface area contributed by atoms with E-state index in [9.17, 15) is 4.79 Å². The molecule has 1 atom stereocenters. The Kier molecular flexibility index (Phi) is 6.74. The molecule has 0 aliphatic heterocycles. The van der Waals surface area contributed by atoms with Crippen LogP contribution in [0, 0.1) is 0 Å². The van der Waals surface area contributed by atoms with Crippen LogP contribution in [-0.2, 0) is 17.6 Å². The second-order valence-corrected chi connectivity index (χ2v) is 6.86. The van der Waals surface area contributed by atoms with Crippen LogP contribution in [0.4, 0.5) is 0 Å². The summed E-state index contributed by atoms with van der Waals surface area (Å²) in [5, 5.41) is 3.22. The van der Waals surface area contributed by atoms with Gasteiger partial charge in [-0.05, 0) is 68.4 Å².